The summed E-state index contributed by atoms with van der Waals surface area (Å²) in [7, 11) is 0. The molecule has 4 rings (SSSR count). The van der Waals surface area contributed by atoms with E-state index in [2.05, 4.69) is 20.5 Å². The molecule has 1 aliphatic heterocycles. The predicted molar refractivity (Wildman–Crippen MR) is 104 cm³/mol. The van der Waals surface area contributed by atoms with E-state index in [-0.39, 0.29) is 25.1 Å². The summed E-state index contributed by atoms with van der Waals surface area (Å²) >= 11 is 7.06. The number of anilines is 1. The minimum atomic E-state index is -0.173. The van der Waals surface area contributed by atoms with Gasteiger partial charge in [-0.3, -0.25) is 9.89 Å². The Morgan fingerprint density at radius 1 is 1.21 bits per heavy atom. The van der Waals surface area contributed by atoms with Crippen molar-refractivity contribution < 1.29 is 19.0 Å². The lowest BCUT2D eigenvalue weighted by atomic mass is 10.3. The number of amides is 1. The van der Waals surface area contributed by atoms with Gasteiger partial charge in [-0.05, 0) is 36.4 Å². The molecule has 144 valence electrons. The highest BCUT2D eigenvalue weighted by molar-refractivity contribution is 7.99. The summed E-state index contributed by atoms with van der Waals surface area (Å²) in [5.74, 6) is 2.52. The number of halogens is 1. The third kappa shape index (κ3) is 4.68. The Kier molecular flexibility index (Phi) is 5.54. The van der Waals surface area contributed by atoms with E-state index in [1.807, 2.05) is 0 Å². The van der Waals surface area contributed by atoms with Crippen molar-refractivity contribution in [1.82, 2.24) is 15.2 Å². The van der Waals surface area contributed by atoms with Gasteiger partial charge in [0.2, 0.25) is 17.9 Å². The number of carbonyl (C=O) groups is 1. The van der Waals surface area contributed by atoms with Gasteiger partial charge in [0.15, 0.2) is 17.3 Å². The van der Waals surface area contributed by atoms with Crippen LogP contribution in [0.3, 0.4) is 0 Å². The molecular weight excluding hydrogens is 404 g/mol. The Labute approximate surface area is 169 Å². The number of fused-ring (bicyclic) bond motifs is 1. The second-order valence-electron chi connectivity index (χ2n) is 5.71. The quantitative estimate of drug-likeness (QED) is 0.566. The number of hydrogen-bond donors (Lipinski definition) is 2. The second kappa shape index (κ2) is 8.41. The van der Waals surface area contributed by atoms with E-state index in [9.17, 15) is 4.79 Å². The Bertz CT molecular complexity index is 980. The molecule has 1 amide bonds. The van der Waals surface area contributed by atoms with Crippen LogP contribution >= 0.6 is 23.4 Å². The van der Waals surface area contributed by atoms with E-state index >= 15 is 0 Å². The summed E-state index contributed by atoms with van der Waals surface area (Å²) in [4.78, 5) is 16.4. The minimum Gasteiger partial charge on any atom is -0.486 e. The number of aromatic amines is 1. The lowest BCUT2D eigenvalue weighted by Crippen LogP contribution is -2.14. The fourth-order valence-electron chi connectivity index (χ4n) is 2.39. The van der Waals surface area contributed by atoms with Gasteiger partial charge in [-0.2, -0.15) is 0 Å². The van der Waals surface area contributed by atoms with Crippen molar-refractivity contribution in [2.75, 3.05) is 17.9 Å². The van der Waals surface area contributed by atoms with Gasteiger partial charge in [0.1, 0.15) is 12.4 Å². The summed E-state index contributed by atoms with van der Waals surface area (Å²) in [6, 6.07) is 12.3. The van der Waals surface area contributed by atoms with Crippen molar-refractivity contribution in [1.29, 1.82) is 0 Å². The molecule has 1 aromatic heterocycles. The van der Waals surface area contributed by atoms with Crippen LogP contribution in [0, 0.1) is 0 Å². The summed E-state index contributed by atoms with van der Waals surface area (Å²) in [6.07, 6.45) is 0. The maximum Gasteiger partial charge on any atom is 0.234 e. The molecule has 0 saturated carbocycles. The summed E-state index contributed by atoms with van der Waals surface area (Å²) in [6.45, 7) is 0.427. The first-order valence-corrected chi connectivity index (χ1v) is 9.64. The van der Waals surface area contributed by atoms with Gasteiger partial charge < -0.3 is 19.5 Å². The highest BCUT2D eigenvalue weighted by atomic mass is 35.5. The maximum atomic E-state index is 12.1. The third-order valence-electron chi connectivity index (χ3n) is 3.69. The average molecular weight is 419 g/mol. The molecule has 3 aromatic rings. The molecule has 10 heteroatoms. The fraction of sp³-hybridized carbons (Fsp3) is 0.167. The van der Waals surface area contributed by atoms with E-state index < -0.39 is 0 Å². The zero-order valence-electron chi connectivity index (χ0n) is 14.5. The topological polar surface area (TPSA) is 98.4 Å². The zero-order valence-corrected chi connectivity index (χ0v) is 16.0. The van der Waals surface area contributed by atoms with Gasteiger partial charge in [0.05, 0.1) is 5.75 Å². The molecule has 2 aromatic carbocycles. The highest BCUT2D eigenvalue weighted by Crippen LogP contribution is 2.34. The van der Waals surface area contributed by atoms with Crippen molar-refractivity contribution in [3.8, 4) is 17.2 Å². The van der Waals surface area contributed by atoms with Crippen LogP contribution < -0.4 is 19.5 Å². The average Bonchev–Trinajstić information content (AvgIpc) is 3.35. The van der Waals surface area contributed by atoms with E-state index in [0.29, 0.717) is 38.9 Å². The van der Waals surface area contributed by atoms with Crippen LogP contribution in [-0.4, -0.2) is 33.6 Å². The molecular formula is C18H15ClN4O4S. The molecule has 2 heterocycles. The number of H-pyrrole nitrogens is 1. The Morgan fingerprint density at radius 2 is 2.04 bits per heavy atom. The van der Waals surface area contributed by atoms with Gasteiger partial charge >= 0.3 is 0 Å². The first kappa shape index (κ1) is 18.5. The van der Waals surface area contributed by atoms with Crippen LogP contribution in [0.5, 0.6) is 17.2 Å². The molecule has 8 nitrogen and oxygen atoms in total. The van der Waals surface area contributed by atoms with Crippen LogP contribution in [-0.2, 0) is 11.4 Å². The van der Waals surface area contributed by atoms with Gasteiger partial charge in [-0.25, -0.2) is 4.98 Å². The SMILES string of the molecule is O=C(CSc1n[nH]c(COc2ccc(Cl)cc2)n1)Nc1ccc2c(c1)OCO2. The normalized spacial score (nSPS) is 12.0. The van der Waals surface area contributed by atoms with Crippen LogP contribution in [0.2, 0.25) is 5.02 Å². The third-order valence-corrected chi connectivity index (χ3v) is 4.79. The standard InChI is InChI=1S/C18H15ClN4O4S/c19-11-1-4-13(5-2-11)25-8-16-21-18(23-22-16)28-9-17(24)20-12-3-6-14-15(7-12)27-10-26-14/h1-7H,8-10H2,(H,20,24)(H,21,22,23). The fourth-order valence-corrected chi connectivity index (χ4v) is 3.13. The molecule has 1 aliphatic rings. The number of nitrogens with zero attached hydrogens (tertiary/aromatic N) is 2. The highest BCUT2D eigenvalue weighted by Gasteiger charge is 2.14. The Balaban J connectivity index is 1.24. The molecule has 28 heavy (non-hydrogen) atoms. The van der Waals surface area contributed by atoms with Crippen LogP contribution in [0.25, 0.3) is 0 Å². The van der Waals surface area contributed by atoms with Crippen LogP contribution in [0.15, 0.2) is 47.6 Å². The number of hydrogen-bond acceptors (Lipinski definition) is 7. The lowest BCUT2D eigenvalue weighted by Gasteiger charge is -2.05. The van der Waals surface area contributed by atoms with Crippen LogP contribution in [0.4, 0.5) is 5.69 Å². The van der Waals surface area contributed by atoms with E-state index in [1.54, 1.807) is 42.5 Å². The molecule has 0 aliphatic carbocycles. The van der Waals surface area contributed by atoms with Gasteiger partial charge in [0, 0.05) is 16.8 Å². The maximum absolute atomic E-state index is 12.1. The largest absolute Gasteiger partial charge is 0.486 e. The Hall–Kier alpha value is -2.91. The van der Waals surface area contributed by atoms with Crippen molar-refractivity contribution in [3.63, 3.8) is 0 Å². The number of carbonyl (C=O) groups excluding carboxylic acids is 1. The molecule has 0 atom stereocenters. The van der Waals surface area contributed by atoms with Crippen molar-refractivity contribution in [3.05, 3.63) is 53.3 Å². The monoisotopic (exact) mass is 418 g/mol. The van der Waals surface area contributed by atoms with Gasteiger partial charge in [-0.15, -0.1) is 5.10 Å². The summed E-state index contributed by atoms with van der Waals surface area (Å²) in [5, 5.41) is 10.8. The number of benzene rings is 2. The van der Waals surface area contributed by atoms with Crippen molar-refractivity contribution >= 4 is 35.0 Å². The number of nitrogens with one attached hydrogen (secondary N) is 2. The number of rotatable bonds is 7. The first-order valence-electron chi connectivity index (χ1n) is 8.28. The van der Waals surface area contributed by atoms with Gasteiger partial charge in [-0.1, -0.05) is 23.4 Å². The summed E-state index contributed by atoms with van der Waals surface area (Å²) < 4.78 is 16.1. The molecule has 0 spiro atoms. The minimum absolute atomic E-state index is 0.170. The molecule has 0 radical (unpaired) electrons. The molecule has 0 fully saturated rings. The van der Waals surface area contributed by atoms with E-state index in [4.69, 9.17) is 25.8 Å². The zero-order chi connectivity index (χ0) is 19.3. The number of aromatic nitrogens is 3. The van der Waals surface area contributed by atoms with E-state index in [0.717, 1.165) is 0 Å². The molecule has 0 unspecified atom stereocenters. The summed E-state index contributed by atoms with van der Waals surface area (Å²) in [5.41, 5.74) is 0.641. The number of thioether (sulfide) groups is 1. The molecule has 0 saturated heterocycles. The first-order chi connectivity index (χ1) is 13.7. The van der Waals surface area contributed by atoms with Gasteiger partial charge in [0.25, 0.3) is 0 Å². The van der Waals surface area contributed by atoms with Crippen LogP contribution in [0.1, 0.15) is 5.82 Å². The second-order valence-corrected chi connectivity index (χ2v) is 7.09. The smallest absolute Gasteiger partial charge is 0.234 e. The Morgan fingerprint density at radius 3 is 2.89 bits per heavy atom. The van der Waals surface area contributed by atoms with Crippen molar-refractivity contribution in [2.45, 2.75) is 11.8 Å². The van der Waals surface area contributed by atoms with E-state index in [1.165, 1.54) is 11.8 Å². The molecule has 2 N–H and O–H groups in total. The predicted octanol–water partition coefficient (Wildman–Crippen LogP) is 3.50. The lowest BCUT2D eigenvalue weighted by molar-refractivity contribution is -0.113. The number of ether oxygens (including phenoxy) is 3. The molecule has 0 bridgehead atoms. The van der Waals surface area contributed by atoms with Crippen molar-refractivity contribution in [2.24, 2.45) is 0 Å².